The van der Waals surface area contributed by atoms with Gasteiger partial charge in [-0.25, -0.2) is 14.4 Å². The van der Waals surface area contributed by atoms with Crippen molar-refractivity contribution in [3.05, 3.63) is 108 Å². The first kappa shape index (κ1) is 19.3. The predicted molar refractivity (Wildman–Crippen MR) is 122 cm³/mol. The third-order valence-electron chi connectivity index (χ3n) is 4.78. The molecule has 152 valence electrons. The van der Waals surface area contributed by atoms with E-state index >= 15 is 0 Å². The summed E-state index contributed by atoms with van der Waals surface area (Å²) in [6, 6.07) is 21.2. The molecule has 0 fully saturated rings. The summed E-state index contributed by atoms with van der Waals surface area (Å²) in [5, 5.41) is 0.538. The van der Waals surface area contributed by atoms with Gasteiger partial charge in [0.1, 0.15) is 17.2 Å². The van der Waals surface area contributed by atoms with Gasteiger partial charge < -0.3 is 4.40 Å². The van der Waals surface area contributed by atoms with Gasteiger partial charge in [0.2, 0.25) is 0 Å². The molecule has 3 heterocycles. The number of aromatic nitrogens is 2. The molecule has 0 aliphatic carbocycles. The Bertz CT molecular complexity index is 1280. The number of carbonyl (C=O) groups excluding carboxylic acids is 1. The topological polar surface area (TPSA) is 50.0 Å². The second kappa shape index (κ2) is 8.20. The molecule has 2 aromatic carbocycles. The molecule has 1 aliphatic rings. The molecular weight excluding hydrogens is 411 g/mol. The maximum Gasteiger partial charge on any atom is 0.283 e. The highest BCUT2D eigenvalue weighted by Gasteiger charge is 2.32. The second-order valence-electron chi connectivity index (χ2n) is 6.94. The smallest absolute Gasteiger partial charge is 0.283 e. The fourth-order valence-corrected chi connectivity index (χ4v) is 4.21. The first-order valence-corrected chi connectivity index (χ1v) is 10.7. The quantitative estimate of drug-likeness (QED) is 0.423. The molecule has 31 heavy (non-hydrogen) atoms. The molecule has 1 amide bonds. The van der Waals surface area contributed by atoms with Crippen molar-refractivity contribution in [3.63, 3.8) is 0 Å². The zero-order valence-corrected chi connectivity index (χ0v) is 17.2. The van der Waals surface area contributed by atoms with Gasteiger partial charge in [0.25, 0.3) is 5.91 Å². The van der Waals surface area contributed by atoms with Gasteiger partial charge in [0, 0.05) is 18.1 Å². The van der Waals surface area contributed by atoms with Crippen LogP contribution in [0.15, 0.2) is 95.9 Å². The third-order valence-corrected chi connectivity index (χ3v) is 5.75. The van der Waals surface area contributed by atoms with Gasteiger partial charge in [-0.2, -0.15) is 0 Å². The molecule has 0 N–H and O–H groups in total. The molecule has 0 atom stereocenters. The lowest BCUT2D eigenvalue weighted by Gasteiger charge is -2.17. The van der Waals surface area contributed by atoms with Crippen LogP contribution in [0, 0.1) is 5.82 Å². The van der Waals surface area contributed by atoms with Gasteiger partial charge in [0.15, 0.2) is 5.17 Å². The van der Waals surface area contributed by atoms with Crippen molar-refractivity contribution < 1.29 is 9.18 Å². The van der Waals surface area contributed by atoms with E-state index in [1.54, 1.807) is 18.2 Å². The fraction of sp³-hybridized carbons (Fsp3) is 0.0417. The molecule has 5 rings (SSSR count). The van der Waals surface area contributed by atoms with Crippen molar-refractivity contribution >= 4 is 40.2 Å². The molecule has 0 saturated carbocycles. The monoisotopic (exact) mass is 428 g/mol. The lowest BCUT2D eigenvalue weighted by molar-refractivity contribution is -0.113. The number of carbonyl (C=O) groups is 1. The van der Waals surface area contributed by atoms with Gasteiger partial charge in [-0.3, -0.25) is 9.69 Å². The van der Waals surface area contributed by atoms with E-state index in [4.69, 9.17) is 0 Å². The highest BCUT2D eigenvalue weighted by Crippen LogP contribution is 2.31. The molecule has 5 nitrogen and oxygen atoms in total. The van der Waals surface area contributed by atoms with E-state index in [0.29, 0.717) is 22.3 Å². The number of nitrogens with zero attached hydrogens (tertiary/aromatic N) is 4. The molecule has 4 aromatic rings. The fourth-order valence-electron chi connectivity index (χ4n) is 3.31. The van der Waals surface area contributed by atoms with Crippen LogP contribution in [0.2, 0.25) is 0 Å². The van der Waals surface area contributed by atoms with Gasteiger partial charge in [-0.15, -0.1) is 0 Å². The number of anilines is 1. The zero-order chi connectivity index (χ0) is 21.2. The van der Waals surface area contributed by atoms with Crippen LogP contribution < -0.4 is 4.90 Å². The van der Waals surface area contributed by atoms with E-state index in [1.165, 1.54) is 28.8 Å². The van der Waals surface area contributed by atoms with Gasteiger partial charge in [-0.1, -0.05) is 48.2 Å². The Morgan fingerprint density at radius 2 is 1.74 bits per heavy atom. The number of amidine groups is 1. The number of pyridine rings is 1. The first-order valence-electron chi connectivity index (χ1n) is 9.68. The number of halogens is 1. The Morgan fingerprint density at radius 3 is 2.52 bits per heavy atom. The Balaban J connectivity index is 1.46. The Kier molecular flexibility index (Phi) is 5.09. The summed E-state index contributed by atoms with van der Waals surface area (Å²) < 4.78 is 15.4. The first-order chi connectivity index (χ1) is 15.2. The highest BCUT2D eigenvalue weighted by molar-refractivity contribution is 8.13. The lowest BCUT2D eigenvalue weighted by Crippen LogP contribution is -2.30. The number of aliphatic imine (C=N–C) groups is 1. The van der Waals surface area contributed by atoms with Crippen molar-refractivity contribution in [2.24, 2.45) is 4.99 Å². The molecule has 0 bridgehead atoms. The van der Waals surface area contributed by atoms with Crippen molar-refractivity contribution in [2.45, 2.75) is 5.75 Å². The van der Waals surface area contributed by atoms with E-state index < -0.39 is 0 Å². The van der Waals surface area contributed by atoms with Crippen LogP contribution in [0.4, 0.5) is 10.1 Å². The van der Waals surface area contributed by atoms with Crippen LogP contribution in [0.3, 0.4) is 0 Å². The minimum absolute atomic E-state index is 0.243. The number of thioether (sulfide) groups is 1. The van der Waals surface area contributed by atoms with Gasteiger partial charge >= 0.3 is 0 Å². The van der Waals surface area contributed by atoms with E-state index in [-0.39, 0.29) is 11.7 Å². The third kappa shape index (κ3) is 4.00. The van der Waals surface area contributed by atoms with Crippen LogP contribution in [0.25, 0.3) is 11.7 Å². The van der Waals surface area contributed by atoms with Gasteiger partial charge in [-0.05, 0) is 48.0 Å². The van der Waals surface area contributed by atoms with Crippen molar-refractivity contribution in [1.82, 2.24) is 9.38 Å². The van der Waals surface area contributed by atoms with Crippen LogP contribution in [-0.4, -0.2) is 20.5 Å². The Labute approximate surface area is 182 Å². The SMILES string of the molecule is O=C1C(=Cc2ccccc2)N=C(SCc2cn3ccccc3n2)N1c1ccc(F)cc1. The number of benzene rings is 2. The molecule has 0 spiro atoms. The van der Waals surface area contributed by atoms with Crippen LogP contribution in [-0.2, 0) is 10.5 Å². The lowest BCUT2D eigenvalue weighted by atomic mass is 10.2. The molecular formula is C24H17FN4OS. The second-order valence-corrected chi connectivity index (χ2v) is 7.88. The van der Waals surface area contributed by atoms with Crippen LogP contribution in [0.5, 0.6) is 0 Å². The Hall–Kier alpha value is -3.71. The standard InChI is InChI=1S/C24H17FN4OS/c25-18-9-11-20(12-10-18)29-23(30)21(14-17-6-2-1-3-7-17)27-24(29)31-16-19-15-28-13-5-4-8-22(28)26-19/h1-15H,16H2. The minimum Gasteiger partial charge on any atom is -0.307 e. The number of hydrogen-bond donors (Lipinski definition) is 0. The van der Waals surface area contributed by atoms with E-state index in [9.17, 15) is 9.18 Å². The maximum absolute atomic E-state index is 13.4. The average Bonchev–Trinajstić information content (AvgIpc) is 3.34. The summed E-state index contributed by atoms with van der Waals surface area (Å²) in [7, 11) is 0. The van der Waals surface area contributed by atoms with E-state index in [2.05, 4.69) is 9.98 Å². The Morgan fingerprint density at radius 1 is 0.968 bits per heavy atom. The number of fused-ring (bicyclic) bond motifs is 1. The molecule has 0 unspecified atom stereocenters. The summed E-state index contributed by atoms with van der Waals surface area (Å²) in [6.45, 7) is 0. The summed E-state index contributed by atoms with van der Waals surface area (Å²) >= 11 is 1.42. The van der Waals surface area contributed by atoms with Gasteiger partial charge in [0.05, 0.1) is 11.4 Å². The zero-order valence-electron chi connectivity index (χ0n) is 16.4. The number of hydrogen-bond acceptors (Lipinski definition) is 4. The number of rotatable bonds is 4. The predicted octanol–water partition coefficient (Wildman–Crippen LogP) is 5.15. The summed E-state index contributed by atoms with van der Waals surface area (Å²) in [5.41, 5.74) is 3.55. The van der Waals surface area contributed by atoms with Crippen molar-refractivity contribution in [2.75, 3.05) is 4.90 Å². The largest absolute Gasteiger partial charge is 0.307 e. The number of imidazole rings is 1. The summed E-state index contributed by atoms with van der Waals surface area (Å²) in [5.74, 6) is -0.0522. The van der Waals surface area contributed by atoms with Crippen molar-refractivity contribution in [1.29, 1.82) is 0 Å². The van der Waals surface area contributed by atoms with E-state index in [1.807, 2.05) is 65.3 Å². The maximum atomic E-state index is 13.4. The van der Waals surface area contributed by atoms with Crippen LogP contribution >= 0.6 is 11.8 Å². The van der Waals surface area contributed by atoms with Crippen LogP contribution in [0.1, 0.15) is 11.3 Å². The summed E-state index contributed by atoms with van der Waals surface area (Å²) in [4.78, 5) is 23.9. The average molecular weight is 428 g/mol. The van der Waals surface area contributed by atoms with Crippen molar-refractivity contribution in [3.8, 4) is 0 Å². The molecule has 2 aromatic heterocycles. The van der Waals surface area contributed by atoms with E-state index in [0.717, 1.165) is 16.9 Å². The normalized spacial score (nSPS) is 15.1. The summed E-state index contributed by atoms with van der Waals surface area (Å²) in [6.07, 6.45) is 5.67. The number of amides is 1. The molecule has 7 heteroatoms. The molecule has 0 radical (unpaired) electrons. The molecule has 0 saturated heterocycles. The highest BCUT2D eigenvalue weighted by atomic mass is 32.2. The molecule has 1 aliphatic heterocycles. The minimum atomic E-state index is -0.355.